The Morgan fingerprint density at radius 2 is 1.77 bits per heavy atom. The van der Waals surface area contributed by atoms with Crippen LogP contribution in [0.15, 0.2) is 42.5 Å². The number of para-hydroxylation sites is 2. The van der Waals surface area contributed by atoms with E-state index in [0.717, 1.165) is 0 Å². The maximum atomic E-state index is 10.9. The highest BCUT2D eigenvalue weighted by molar-refractivity contribution is 5.91. The van der Waals surface area contributed by atoms with E-state index in [1.807, 2.05) is 12.1 Å². The minimum absolute atomic E-state index is 0.178. The Morgan fingerprint density at radius 3 is 2.41 bits per heavy atom. The van der Waals surface area contributed by atoms with Gasteiger partial charge in [-0.2, -0.15) is 0 Å². The topological polar surface area (TPSA) is 121 Å². The highest BCUT2D eigenvalue weighted by atomic mass is 16.4. The fraction of sp³-hybridized carbons (Fsp3) is 0. The van der Waals surface area contributed by atoms with Crippen LogP contribution >= 0.6 is 0 Å². The summed E-state index contributed by atoms with van der Waals surface area (Å²) in [6.45, 7) is 0. The Labute approximate surface area is 125 Å². The number of rotatable bonds is 3. The smallest absolute Gasteiger partial charge is 0.339 e. The molecule has 5 N–H and O–H groups in total. The summed E-state index contributed by atoms with van der Waals surface area (Å²) in [7, 11) is 0. The number of benzene rings is 2. The molecule has 22 heavy (non-hydrogen) atoms. The number of carboxylic acids is 1. The van der Waals surface area contributed by atoms with Crippen molar-refractivity contribution in [2.45, 2.75) is 0 Å². The van der Waals surface area contributed by atoms with Crippen molar-refractivity contribution in [3.8, 4) is 5.75 Å². The lowest BCUT2D eigenvalue weighted by atomic mass is 10.2. The first-order valence-electron chi connectivity index (χ1n) is 6.40. The first-order valence-corrected chi connectivity index (χ1v) is 6.40. The molecule has 0 fully saturated rings. The second-order valence-electron chi connectivity index (χ2n) is 4.61. The second kappa shape index (κ2) is 5.21. The number of anilines is 3. The van der Waals surface area contributed by atoms with Crippen LogP contribution in [-0.4, -0.2) is 26.2 Å². The molecule has 7 heteroatoms. The molecule has 0 saturated carbocycles. The molecule has 0 spiro atoms. The van der Waals surface area contributed by atoms with E-state index in [4.69, 9.17) is 10.8 Å². The van der Waals surface area contributed by atoms with Gasteiger partial charge >= 0.3 is 5.97 Å². The molecule has 0 saturated heterocycles. The van der Waals surface area contributed by atoms with Crippen molar-refractivity contribution in [3.05, 3.63) is 48.0 Å². The Bertz CT molecular complexity index is 880. The van der Waals surface area contributed by atoms with E-state index in [-0.39, 0.29) is 17.1 Å². The molecular formula is C15H12N4O3. The molecule has 2 aromatic carbocycles. The van der Waals surface area contributed by atoms with Crippen LogP contribution in [0, 0.1) is 0 Å². The fourth-order valence-electron chi connectivity index (χ4n) is 2.03. The van der Waals surface area contributed by atoms with E-state index in [1.165, 1.54) is 18.2 Å². The lowest BCUT2D eigenvalue weighted by Gasteiger charge is -2.10. The molecule has 0 unspecified atom stereocenters. The first-order chi connectivity index (χ1) is 10.5. The zero-order valence-corrected chi connectivity index (χ0v) is 11.3. The van der Waals surface area contributed by atoms with Gasteiger partial charge in [0.05, 0.1) is 11.0 Å². The maximum absolute atomic E-state index is 10.9. The fourth-order valence-corrected chi connectivity index (χ4v) is 2.03. The number of hydrogen-bond donors (Lipinski definition) is 4. The molecule has 0 amide bonds. The Morgan fingerprint density at radius 1 is 1.09 bits per heavy atom. The Hall–Kier alpha value is -3.35. The summed E-state index contributed by atoms with van der Waals surface area (Å²) >= 11 is 0. The molecule has 1 heterocycles. The van der Waals surface area contributed by atoms with Crippen molar-refractivity contribution < 1.29 is 15.0 Å². The molecule has 3 rings (SSSR count). The minimum Gasteiger partial charge on any atom is -0.507 e. The highest BCUT2D eigenvalue weighted by Crippen LogP contribution is 2.26. The van der Waals surface area contributed by atoms with Gasteiger partial charge in [-0.05, 0) is 24.3 Å². The molecule has 1 aromatic heterocycles. The van der Waals surface area contributed by atoms with Crippen molar-refractivity contribution in [3.63, 3.8) is 0 Å². The second-order valence-corrected chi connectivity index (χ2v) is 4.61. The van der Waals surface area contributed by atoms with Crippen LogP contribution < -0.4 is 11.1 Å². The molecule has 110 valence electrons. The van der Waals surface area contributed by atoms with Crippen molar-refractivity contribution >= 4 is 34.3 Å². The van der Waals surface area contributed by atoms with Gasteiger partial charge in [0.1, 0.15) is 11.3 Å². The predicted octanol–water partition coefficient (Wildman–Crippen LogP) is 2.36. The van der Waals surface area contributed by atoms with E-state index < -0.39 is 5.97 Å². The minimum atomic E-state index is -1.20. The Balaban J connectivity index is 1.97. The number of nitrogen functional groups attached to an aromatic ring is 1. The number of aromatic nitrogens is 2. The summed E-state index contributed by atoms with van der Waals surface area (Å²) in [6, 6.07) is 11.4. The summed E-state index contributed by atoms with van der Waals surface area (Å²) in [6.07, 6.45) is 0. The number of phenols is 1. The summed E-state index contributed by atoms with van der Waals surface area (Å²) in [5, 5.41) is 21.5. The maximum Gasteiger partial charge on any atom is 0.339 e. The van der Waals surface area contributed by atoms with Gasteiger partial charge in [-0.3, -0.25) is 0 Å². The molecule has 7 nitrogen and oxygen atoms in total. The van der Waals surface area contributed by atoms with Gasteiger partial charge < -0.3 is 21.3 Å². The summed E-state index contributed by atoms with van der Waals surface area (Å²) in [5.74, 6) is -0.999. The van der Waals surface area contributed by atoms with Gasteiger partial charge in [0.25, 0.3) is 0 Å². The van der Waals surface area contributed by atoms with Crippen LogP contribution in [0.1, 0.15) is 10.4 Å². The average Bonchev–Trinajstić information content (AvgIpc) is 2.47. The number of nitrogens with two attached hydrogens (primary N) is 1. The van der Waals surface area contributed by atoms with E-state index >= 15 is 0 Å². The van der Waals surface area contributed by atoms with Gasteiger partial charge in [-0.1, -0.05) is 12.1 Å². The third-order valence-electron chi connectivity index (χ3n) is 3.09. The van der Waals surface area contributed by atoms with Crippen LogP contribution in [0.25, 0.3) is 11.0 Å². The van der Waals surface area contributed by atoms with Crippen LogP contribution in [0.4, 0.5) is 17.3 Å². The predicted molar refractivity (Wildman–Crippen MR) is 82.3 cm³/mol. The van der Waals surface area contributed by atoms with Gasteiger partial charge in [0.15, 0.2) is 11.6 Å². The third-order valence-corrected chi connectivity index (χ3v) is 3.09. The molecule has 3 aromatic rings. The van der Waals surface area contributed by atoms with E-state index in [9.17, 15) is 9.90 Å². The van der Waals surface area contributed by atoms with Crippen LogP contribution in [-0.2, 0) is 0 Å². The quantitative estimate of drug-likeness (QED) is 0.585. The molecule has 0 bridgehead atoms. The molecular weight excluding hydrogens is 284 g/mol. The normalized spacial score (nSPS) is 10.5. The lowest BCUT2D eigenvalue weighted by molar-refractivity contribution is 0.0694. The molecule has 0 aliphatic rings. The zero-order valence-electron chi connectivity index (χ0n) is 11.3. The number of carbonyl (C=O) groups is 1. The van der Waals surface area contributed by atoms with Crippen LogP contribution in [0.3, 0.4) is 0 Å². The first kappa shape index (κ1) is 13.6. The van der Waals surface area contributed by atoms with E-state index in [0.29, 0.717) is 22.5 Å². The standard InChI is InChI=1S/C15H12N4O3/c16-13-14(19-11-4-2-1-3-10(11)18-13)17-8-5-6-9(15(21)22)12(20)7-8/h1-7,20H,(H2,16,18)(H,17,19)(H,21,22). The van der Waals surface area contributed by atoms with Crippen molar-refractivity contribution in [2.24, 2.45) is 0 Å². The average molecular weight is 296 g/mol. The third kappa shape index (κ3) is 2.47. The van der Waals surface area contributed by atoms with E-state index in [1.54, 1.807) is 12.1 Å². The van der Waals surface area contributed by atoms with E-state index in [2.05, 4.69) is 15.3 Å². The monoisotopic (exact) mass is 296 g/mol. The number of aromatic carboxylic acids is 1. The van der Waals surface area contributed by atoms with Gasteiger partial charge in [-0.25, -0.2) is 14.8 Å². The van der Waals surface area contributed by atoms with Crippen molar-refractivity contribution in [1.82, 2.24) is 9.97 Å². The number of fused-ring (bicyclic) bond motifs is 1. The van der Waals surface area contributed by atoms with Crippen LogP contribution in [0.5, 0.6) is 5.75 Å². The molecule has 0 aliphatic carbocycles. The van der Waals surface area contributed by atoms with Crippen molar-refractivity contribution in [2.75, 3.05) is 11.1 Å². The Kier molecular flexibility index (Phi) is 3.23. The van der Waals surface area contributed by atoms with Crippen molar-refractivity contribution in [1.29, 1.82) is 0 Å². The number of hydrogen-bond acceptors (Lipinski definition) is 6. The number of aromatic hydroxyl groups is 1. The van der Waals surface area contributed by atoms with Gasteiger partial charge in [0.2, 0.25) is 0 Å². The summed E-state index contributed by atoms with van der Waals surface area (Å²) < 4.78 is 0. The number of nitrogens with one attached hydrogen (secondary N) is 1. The largest absolute Gasteiger partial charge is 0.507 e. The van der Waals surface area contributed by atoms with Crippen LogP contribution in [0.2, 0.25) is 0 Å². The van der Waals surface area contributed by atoms with Gasteiger partial charge in [0, 0.05) is 11.8 Å². The number of carboxylic acid groups (broad SMARTS) is 1. The SMILES string of the molecule is Nc1nc2ccccc2nc1Nc1ccc(C(=O)O)c(O)c1. The molecule has 0 radical (unpaired) electrons. The number of nitrogens with zero attached hydrogens (tertiary/aromatic N) is 2. The zero-order chi connectivity index (χ0) is 15.7. The molecule has 0 atom stereocenters. The van der Waals surface area contributed by atoms with Gasteiger partial charge in [-0.15, -0.1) is 0 Å². The summed E-state index contributed by atoms with van der Waals surface area (Å²) in [4.78, 5) is 19.5. The highest BCUT2D eigenvalue weighted by Gasteiger charge is 2.11. The molecule has 0 aliphatic heterocycles. The lowest BCUT2D eigenvalue weighted by Crippen LogP contribution is -2.03. The summed E-state index contributed by atoms with van der Waals surface area (Å²) in [5.41, 5.74) is 7.48.